The minimum Gasteiger partial charge on any atom is -0.497 e. The Kier molecular flexibility index (Phi) is 5.73. The summed E-state index contributed by atoms with van der Waals surface area (Å²) in [6, 6.07) is 21.1. The average Bonchev–Trinajstić information content (AvgIpc) is 3.00. The highest BCUT2D eigenvalue weighted by molar-refractivity contribution is 6.30. The fraction of sp³-hybridized carbons (Fsp3) is 0.222. The summed E-state index contributed by atoms with van der Waals surface area (Å²) in [4.78, 5) is 13.7. The Morgan fingerprint density at radius 1 is 0.909 bits per heavy atom. The number of ketones is 1. The van der Waals surface area contributed by atoms with Crippen LogP contribution in [0.1, 0.15) is 35.9 Å². The Hall–Kier alpha value is -3.44. The molecule has 2 aliphatic rings. The summed E-state index contributed by atoms with van der Waals surface area (Å²) in [6.07, 6.45) is 1.07. The van der Waals surface area contributed by atoms with Gasteiger partial charge in [-0.1, -0.05) is 35.9 Å². The van der Waals surface area contributed by atoms with E-state index in [1.165, 1.54) is 0 Å². The zero-order valence-corrected chi connectivity index (χ0v) is 19.3. The molecule has 3 aromatic carbocycles. The molecule has 0 bridgehead atoms. The van der Waals surface area contributed by atoms with Gasteiger partial charge in [0.2, 0.25) is 0 Å². The number of benzene rings is 3. The smallest absolute Gasteiger partial charge is 0.163 e. The number of ether oxygens (including phenoxy) is 2. The van der Waals surface area contributed by atoms with Crippen LogP contribution in [0.15, 0.2) is 78.0 Å². The number of hydrogen-bond acceptors (Lipinski definition) is 5. The molecule has 2 N–H and O–H groups in total. The Labute approximate surface area is 198 Å². The first-order valence-corrected chi connectivity index (χ1v) is 11.3. The van der Waals surface area contributed by atoms with Crippen LogP contribution in [0.4, 0.5) is 11.4 Å². The summed E-state index contributed by atoms with van der Waals surface area (Å²) in [6.45, 7) is 0. The quantitative estimate of drug-likeness (QED) is 0.476. The molecular formula is C27H25ClN2O3. The molecule has 1 aliphatic carbocycles. The number of Topliss-reactive ketones (excluding diaryl/α,β-unsaturated/α-hetero) is 1. The first kappa shape index (κ1) is 21.4. The molecule has 0 saturated heterocycles. The maximum Gasteiger partial charge on any atom is 0.163 e. The predicted molar refractivity (Wildman–Crippen MR) is 131 cm³/mol. The average molecular weight is 461 g/mol. The van der Waals surface area contributed by atoms with Gasteiger partial charge in [0.25, 0.3) is 0 Å². The van der Waals surface area contributed by atoms with Crippen LogP contribution in [0.5, 0.6) is 11.5 Å². The van der Waals surface area contributed by atoms with E-state index in [-0.39, 0.29) is 17.7 Å². The van der Waals surface area contributed by atoms with Crippen molar-refractivity contribution in [3.05, 3.63) is 94.1 Å². The van der Waals surface area contributed by atoms with E-state index >= 15 is 0 Å². The zero-order chi connectivity index (χ0) is 22.9. The maximum atomic E-state index is 13.7. The number of nitrogens with one attached hydrogen (secondary N) is 2. The van der Waals surface area contributed by atoms with Crippen LogP contribution < -0.4 is 20.1 Å². The van der Waals surface area contributed by atoms with Crippen molar-refractivity contribution in [2.45, 2.75) is 24.8 Å². The number of carbonyl (C=O) groups excluding carboxylic acids is 1. The number of para-hydroxylation sites is 2. The largest absolute Gasteiger partial charge is 0.497 e. The molecule has 1 heterocycles. The van der Waals surface area contributed by atoms with Crippen molar-refractivity contribution in [2.75, 3.05) is 24.9 Å². The van der Waals surface area contributed by atoms with Gasteiger partial charge in [0, 0.05) is 34.2 Å². The monoisotopic (exact) mass is 460 g/mol. The molecule has 168 valence electrons. The Morgan fingerprint density at radius 2 is 1.73 bits per heavy atom. The van der Waals surface area contributed by atoms with Crippen molar-refractivity contribution < 1.29 is 14.3 Å². The van der Waals surface area contributed by atoms with Crippen LogP contribution in [-0.2, 0) is 4.79 Å². The molecule has 0 amide bonds. The summed E-state index contributed by atoms with van der Waals surface area (Å²) in [5.41, 5.74) is 5.50. The number of allylic oxidation sites excluding steroid dienone is 1. The molecule has 0 saturated carbocycles. The molecule has 0 aromatic heterocycles. The highest BCUT2D eigenvalue weighted by atomic mass is 35.5. The third kappa shape index (κ3) is 4.05. The Bertz CT molecular complexity index is 1250. The molecule has 33 heavy (non-hydrogen) atoms. The maximum absolute atomic E-state index is 13.7. The van der Waals surface area contributed by atoms with Crippen LogP contribution in [0, 0.1) is 0 Å². The summed E-state index contributed by atoms with van der Waals surface area (Å²) >= 11 is 6.31. The molecule has 2 atom stereocenters. The van der Waals surface area contributed by atoms with E-state index in [0.29, 0.717) is 17.9 Å². The third-order valence-corrected chi connectivity index (χ3v) is 6.60. The van der Waals surface area contributed by atoms with Crippen molar-refractivity contribution in [1.82, 2.24) is 0 Å². The van der Waals surface area contributed by atoms with Crippen LogP contribution in [0.2, 0.25) is 5.02 Å². The van der Waals surface area contributed by atoms with Gasteiger partial charge in [-0.05, 0) is 54.4 Å². The SMILES string of the molecule is COc1ccc(OC)c(C2CC(=O)C3=C(C2)Nc2ccccc2NC3c2cccc(Cl)c2)c1. The van der Waals surface area contributed by atoms with Crippen LogP contribution >= 0.6 is 11.6 Å². The lowest BCUT2D eigenvalue weighted by molar-refractivity contribution is -0.116. The van der Waals surface area contributed by atoms with Crippen molar-refractivity contribution in [3.63, 3.8) is 0 Å². The minimum absolute atomic E-state index is 0.0286. The van der Waals surface area contributed by atoms with Crippen molar-refractivity contribution in [2.24, 2.45) is 0 Å². The molecule has 5 nitrogen and oxygen atoms in total. The standard InChI is InChI=1S/C27H25ClN2O3/c1-32-19-10-11-25(33-2)20(15-19)17-13-23-26(24(31)14-17)27(16-6-5-7-18(28)12-16)30-22-9-4-3-8-21(22)29-23/h3-12,15,17,27,29-30H,13-14H2,1-2H3. The lowest BCUT2D eigenvalue weighted by atomic mass is 9.78. The third-order valence-electron chi connectivity index (χ3n) is 6.37. The van der Waals surface area contributed by atoms with E-state index in [1.54, 1.807) is 14.2 Å². The highest BCUT2D eigenvalue weighted by Gasteiger charge is 2.37. The molecular weight excluding hydrogens is 436 g/mol. The molecule has 3 aromatic rings. The number of methoxy groups -OCH3 is 2. The van der Waals surface area contributed by atoms with Gasteiger partial charge in [-0.3, -0.25) is 4.79 Å². The van der Waals surface area contributed by atoms with Gasteiger partial charge < -0.3 is 20.1 Å². The van der Waals surface area contributed by atoms with Gasteiger partial charge in [0.05, 0.1) is 31.6 Å². The molecule has 0 fully saturated rings. The van der Waals surface area contributed by atoms with Gasteiger partial charge >= 0.3 is 0 Å². The highest BCUT2D eigenvalue weighted by Crippen LogP contribution is 2.46. The van der Waals surface area contributed by atoms with E-state index in [0.717, 1.165) is 45.3 Å². The predicted octanol–water partition coefficient (Wildman–Crippen LogP) is 6.34. The summed E-state index contributed by atoms with van der Waals surface area (Å²) < 4.78 is 11.1. The first-order chi connectivity index (χ1) is 16.1. The van der Waals surface area contributed by atoms with E-state index in [2.05, 4.69) is 10.6 Å². The summed E-state index contributed by atoms with van der Waals surface area (Å²) in [5, 5.41) is 7.79. The van der Waals surface area contributed by atoms with Crippen molar-refractivity contribution in [3.8, 4) is 11.5 Å². The molecule has 6 heteroatoms. The molecule has 0 spiro atoms. The Balaban J connectivity index is 1.62. The van der Waals surface area contributed by atoms with Crippen LogP contribution in [0.3, 0.4) is 0 Å². The lowest BCUT2D eigenvalue weighted by Gasteiger charge is -2.30. The number of fused-ring (bicyclic) bond motifs is 1. The van der Waals surface area contributed by atoms with E-state index < -0.39 is 0 Å². The van der Waals surface area contributed by atoms with Gasteiger partial charge in [0.1, 0.15) is 11.5 Å². The number of anilines is 2. The molecule has 5 rings (SSSR count). The van der Waals surface area contributed by atoms with Gasteiger partial charge in [-0.2, -0.15) is 0 Å². The first-order valence-electron chi connectivity index (χ1n) is 10.9. The number of rotatable bonds is 4. The second kappa shape index (κ2) is 8.83. The number of halogens is 1. The molecule has 2 unspecified atom stereocenters. The summed E-state index contributed by atoms with van der Waals surface area (Å²) in [5.74, 6) is 1.58. The molecule has 0 radical (unpaired) electrons. The van der Waals surface area contributed by atoms with Crippen LogP contribution in [-0.4, -0.2) is 20.0 Å². The van der Waals surface area contributed by atoms with E-state index in [1.807, 2.05) is 66.7 Å². The normalized spacial score (nSPS) is 19.5. The number of carbonyl (C=O) groups is 1. The Morgan fingerprint density at radius 3 is 2.48 bits per heavy atom. The fourth-order valence-corrected chi connectivity index (χ4v) is 5.01. The molecule has 1 aliphatic heterocycles. The lowest BCUT2D eigenvalue weighted by Crippen LogP contribution is -2.27. The zero-order valence-electron chi connectivity index (χ0n) is 18.5. The minimum atomic E-state index is -0.296. The van der Waals surface area contributed by atoms with Crippen LogP contribution in [0.25, 0.3) is 0 Å². The second-order valence-electron chi connectivity index (χ2n) is 8.33. The van der Waals surface area contributed by atoms with Gasteiger partial charge in [0.15, 0.2) is 5.78 Å². The van der Waals surface area contributed by atoms with Gasteiger partial charge in [-0.15, -0.1) is 0 Å². The number of hydrogen-bond donors (Lipinski definition) is 2. The van der Waals surface area contributed by atoms with Crippen molar-refractivity contribution >= 4 is 28.8 Å². The van der Waals surface area contributed by atoms with Gasteiger partial charge in [-0.25, -0.2) is 0 Å². The fourth-order valence-electron chi connectivity index (χ4n) is 4.81. The second-order valence-corrected chi connectivity index (χ2v) is 8.77. The van der Waals surface area contributed by atoms with E-state index in [4.69, 9.17) is 21.1 Å². The van der Waals surface area contributed by atoms with Crippen molar-refractivity contribution in [1.29, 1.82) is 0 Å². The van der Waals surface area contributed by atoms with E-state index in [9.17, 15) is 4.79 Å². The topological polar surface area (TPSA) is 59.6 Å². The summed E-state index contributed by atoms with van der Waals surface area (Å²) in [7, 11) is 3.29.